The number of benzene rings is 2. The van der Waals surface area contributed by atoms with Crippen LogP contribution in [0.4, 0.5) is 0 Å². The summed E-state index contributed by atoms with van der Waals surface area (Å²) >= 11 is 1.52. The minimum atomic E-state index is -1.20. The lowest BCUT2D eigenvalue weighted by molar-refractivity contribution is -0.00802. The lowest BCUT2D eigenvalue weighted by Gasteiger charge is -2.33. The quantitative estimate of drug-likeness (QED) is 0.528. The number of hydrogen-bond donors (Lipinski definition) is 1. The number of rotatable bonds is 6. The number of thiazole rings is 1. The normalized spacial score (nSPS) is 14.1. The maximum Gasteiger partial charge on any atom is 0.137 e. The molecule has 2 atom stereocenters. The van der Waals surface area contributed by atoms with E-state index in [1.54, 1.807) is 23.1 Å². The van der Waals surface area contributed by atoms with Gasteiger partial charge in [0, 0.05) is 16.9 Å². The maximum absolute atomic E-state index is 11.8. The molecule has 1 N–H and O–H groups in total. The van der Waals surface area contributed by atoms with Gasteiger partial charge in [-0.15, -0.1) is 11.3 Å². The Kier molecular flexibility index (Phi) is 5.21. The summed E-state index contributed by atoms with van der Waals surface area (Å²) in [6.07, 6.45) is 3.06. The van der Waals surface area contributed by atoms with Crippen LogP contribution in [0.3, 0.4) is 0 Å². The molecule has 0 amide bonds. The van der Waals surface area contributed by atoms with Gasteiger partial charge in [0.1, 0.15) is 18.3 Å². The van der Waals surface area contributed by atoms with Gasteiger partial charge in [0.15, 0.2) is 0 Å². The molecule has 2 aromatic carbocycles. The van der Waals surface area contributed by atoms with E-state index in [4.69, 9.17) is 10.2 Å². The van der Waals surface area contributed by atoms with Gasteiger partial charge in [-0.2, -0.15) is 10.4 Å². The van der Waals surface area contributed by atoms with Crippen molar-refractivity contribution in [3.8, 4) is 17.3 Å². The van der Waals surface area contributed by atoms with Gasteiger partial charge in [0.05, 0.1) is 28.9 Å². The Hall–Kier alpha value is -3.34. The van der Waals surface area contributed by atoms with Crippen molar-refractivity contribution in [3.63, 3.8) is 0 Å². The number of aromatic nitrogens is 4. The summed E-state index contributed by atoms with van der Waals surface area (Å²) < 4.78 is 1.64. The first-order chi connectivity index (χ1) is 14.1. The van der Waals surface area contributed by atoms with Crippen molar-refractivity contribution < 1.29 is 5.11 Å². The summed E-state index contributed by atoms with van der Waals surface area (Å²) in [6.45, 7) is 2.25. The van der Waals surface area contributed by atoms with Crippen LogP contribution in [0.25, 0.3) is 11.3 Å². The second kappa shape index (κ2) is 7.95. The van der Waals surface area contributed by atoms with Crippen molar-refractivity contribution in [1.82, 2.24) is 19.7 Å². The van der Waals surface area contributed by atoms with Crippen molar-refractivity contribution in [1.29, 1.82) is 5.26 Å². The Morgan fingerprint density at radius 2 is 1.93 bits per heavy atom. The number of nitriles is 1. The van der Waals surface area contributed by atoms with E-state index in [9.17, 15) is 5.11 Å². The van der Waals surface area contributed by atoms with E-state index in [-0.39, 0.29) is 12.5 Å². The van der Waals surface area contributed by atoms with E-state index < -0.39 is 5.60 Å². The molecule has 0 spiro atoms. The second-order valence-corrected chi connectivity index (χ2v) is 7.75. The Bertz CT molecular complexity index is 1120. The number of aliphatic hydroxyl groups is 1. The van der Waals surface area contributed by atoms with E-state index in [0.717, 1.165) is 21.8 Å². The highest BCUT2D eigenvalue weighted by Crippen LogP contribution is 2.40. The van der Waals surface area contributed by atoms with Crippen molar-refractivity contribution in [2.45, 2.75) is 25.0 Å². The first-order valence-corrected chi connectivity index (χ1v) is 10.0. The van der Waals surface area contributed by atoms with Gasteiger partial charge in [0.2, 0.25) is 0 Å². The summed E-state index contributed by atoms with van der Waals surface area (Å²) in [5, 5.41) is 27.7. The zero-order chi connectivity index (χ0) is 20.3. The molecular formula is C22H19N5OS. The van der Waals surface area contributed by atoms with Crippen molar-refractivity contribution >= 4 is 11.3 Å². The minimum absolute atomic E-state index is 0.268. The molecule has 0 aliphatic heterocycles. The number of nitrogens with zero attached hydrogens (tertiary/aromatic N) is 5. The van der Waals surface area contributed by atoms with Crippen LogP contribution in [-0.4, -0.2) is 24.9 Å². The molecule has 0 saturated carbocycles. The standard InChI is InChI=1S/C22H19N5OS/c1-16(21-26-20(12-29-21)18-9-7-17(11-23)8-10-18)22(28,13-27-15-24-14-25-27)19-5-3-2-4-6-19/h2-10,12,14-16,28H,13H2,1H3/t16-,22+/m0/s1. The molecule has 0 fully saturated rings. The topological polar surface area (TPSA) is 87.6 Å². The average Bonchev–Trinajstić information content (AvgIpc) is 3.46. The van der Waals surface area contributed by atoms with Gasteiger partial charge in [-0.1, -0.05) is 49.4 Å². The Morgan fingerprint density at radius 1 is 1.17 bits per heavy atom. The molecule has 0 radical (unpaired) electrons. The highest BCUT2D eigenvalue weighted by molar-refractivity contribution is 7.10. The minimum Gasteiger partial charge on any atom is -0.382 e. The summed E-state index contributed by atoms with van der Waals surface area (Å²) in [7, 11) is 0. The fourth-order valence-electron chi connectivity index (χ4n) is 3.31. The van der Waals surface area contributed by atoms with Gasteiger partial charge < -0.3 is 5.11 Å². The first kappa shape index (κ1) is 19.0. The van der Waals surface area contributed by atoms with E-state index in [1.165, 1.54) is 17.7 Å². The average molecular weight is 401 g/mol. The SMILES string of the molecule is C[C@@H](c1nc(-c2ccc(C#N)cc2)cs1)[C@](O)(Cn1cncn1)c1ccccc1. The summed E-state index contributed by atoms with van der Waals surface area (Å²) in [5.74, 6) is -0.272. The van der Waals surface area contributed by atoms with Gasteiger partial charge >= 0.3 is 0 Å². The molecule has 0 aliphatic rings. The lowest BCUT2D eigenvalue weighted by atomic mass is 9.82. The van der Waals surface area contributed by atoms with Crippen LogP contribution in [0, 0.1) is 11.3 Å². The summed E-state index contributed by atoms with van der Waals surface area (Å²) in [4.78, 5) is 8.78. The molecule has 0 unspecified atom stereocenters. The van der Waals surface area contributed by atoms with Crippen LogP contribution < -0.4 is 0 Å². The van der Waals surface area contributed by atoms with Crippen LogP contribution in [-0.2, 0) is 12.1 Å². The second-order valence-electron chi connectivity index (χ2n) is 6.87. The van der Waals surface area contributed by atoms with E-state index in [0.29, 0.717) is 5.56 Å². The van der Waals surface area contributed by atoms with Crippen LogP contribution in [0.5, 0.6) is 0 Å². The van der Waals surface area contributed by atoms with Crippen LogP contribution in [0.1, 0.15) is 29.0 Å². The van der Waals surface area contributed by atoms with Crippen molar-refractivity contribution in [2.24, 2.45) is 0 Å². The predicted octanol–water partition coefficient (Wildman–Crippen LogP) is 3.96. The van der Waals surface area contributed by atoms with Gasteiger partial charge in [-0.3, -0.25) is 0 Å². The molecule has 2 aromatic heterocycles. The van der Waals surface area contributed by atoms with Crippen LogP contribution in [0.15, 0.2) is 72.6 Å². The molecule has 6 nitrogen and oxygen atoms in total. The van der Waals surface area contributed by atoms with Gasteiger partial charge in [-0.05, 0) is 17.7 Å². The monoisotopic (exact) mass is 401 g/mol. The number of hydrogen-bond acceptors (Lipinski definition) is 6. The molecule has 0 saturated heterocycles. The highest BCUT2D eigenvalue weighted by atomic mass is 32.1. The first-order valence-electron chi connectivity index (χ1n) is 9.16. The lowest BCUT2D eigenvalue weighted by Crippen LogP contribution is -2.37. The molecule has 7 heteroatoms. The Balaban J connectivity index is 1.68. The van der Waals surface area contributed by atoms with Crippen LogP contribution in [0.2, 0.25) is 0 Å². The molecule has 0 bridgehead atoms. The maximum atomic E-state index is 11.8. The largest absolute Gasteiger partial charge is 0.382 e. The molecule has 4 aromatic rings. The smallest absolute Gasteiger partial charge is 0.137 e. The third-order valence-electron chi connectivity index (χ3n) is 5.06. The van der Waals surface area contributed by atoms with Gasteiger partial charge in [0.25, 0.3) is 0 Å². The zero-order valence-electron chi connectivity index (χ0n) is 15.8. The third-order valence-corrected chi connectivity index (χ3v) is 6.09. The third kappa shape index (κ3) is 3.81. The summed E-state index contributed by atoms with van der Waals surface area (Å²) in [6, 6.07) is 19.1. The van der Waals surface area contributed by atoms with Crippen LogP contribution >= 0.6 is 11.3 Å². The molecule has 2 heterocycles. The van der Waals surface area contributed by atoms with E-state index in [2.05, 4.69) is 16.2 Å². The molecule has 0 aliphatic carbocycles. The highest BCUT2D eigenvalue weighted by Gasteiger charge is 2.39. The predicted molar refractivity (Wildman–Crippen MR) is 111 cm³/mol. The molecule has 4 rings (SSSR count). The zero-order valence-corrected chi connectivity index (χ0v) is 16.6. The Morgan fingerprint density at radius 3 is 2.59 bits per heavy atom. The van der Waals surface area contributed by atoms with E-state index in [1.807, 2.05) is 54.8 Å². The fraction of sp³-hybridized carbons (Fsp3) is 0.182. The molecule has 29 heavy (non-hydrogen) atoms. The Labute approximate surface area is 172 Å². The van der Waals surface area contributed by atoms with E-state index >= 15 is 0 Å². The summed E-state index contributed by atoms with van der Waals surface area (Å²) in [5.41, 5.74) is 1.99. The molecular weight excluding hydrogens is 382 g/mol. The van der Waals surface area contributed by atoms with Crippen molar-refractivity contribution in [3.05, 3.63) is 88.8 Å². The fourth-order valence-corrected chi connectivity index (χ4v) is 4.28. The van der Waals surface area contributed by atoms with Gasteiger partial charge in [-0.25, -0.2) is 14.6 Å². The van der Waals surface area contributed by atoms with Crippen molar-refractivity contribution in [2.75, 3.05) is 0 Å². The molecule has 144 valence electrons.